The molecule has 7 heteroatoms. The monoisotopic (exact) mass is 469 g/mol. The molecule has 3 heterocycles. The van der Waals surface area contributed by atoms with Crippen LogP contribution in [-0.2, 0) is 23.8 Å². The van der Waals surface area contributed by atoms with E-state index in [1.807, 2.05) is 13.8 Å². The van der Waals surface area contributed by atoms with Crippen LogP contribution >= 0.6 is 0 Å². The predicted octanol–water partition coefficient (Wildman–Crippen LogP) is 3.10. The van der Waals surface area contributed by atoms with Gasteiger partial charge in [0.2, 0.25) is 0 Å². The summed E-state index contributed by atoms with van der Waals surface area (Å²) in [4.78, 5) is 26.7. The Morgan fingerprint density at radius 1 is 1.21 bits per heavy atom. The zero-order valence-corrected chi connectivity index (χ0v) is 20.8. The molecule has 1 amide bonds. The molecule has 5 rings (SSSR count). The van der Waals surface area contributed by atoms with E-state index in [1.54, 1.807) is 20.1 Å². The molecule has 0 aromatic heterocycles. The summed E-state index contributed by atoms with van der Waals surface area (Å²) >= 11 is 0. The van der Waals surface area contributed by atoms with Gasteiger partial charge in [-0.05, 0) is 63.7 Å². The standard InChI is InChI=1S/C27H35NO6/c1-7-26-12-13(2)23-14(3)22(20-9-8-19(30)16(5)33-20)18-10-17(29)11-21(34-26)27(18,23)28-25(31)15(4)24(26)32-6/h10-12,14,16,19-20,22-23,30H,7-9H2,1-6H3,(H,28,31)/b24-15+/t14-,16-,19-,20-,22+,23-,26?,27?/m1/s1. The Bertz CT molecular complexity index is 1070. The first-order chi connectivity index (χ1) is 16.1. The number of methoxy groups -OCH3 is 1. The molecule has 8 atom stereocenters. The quantitative estimate of drug-likeness (QED) is 0.617. The van der Waals surface area contributed by atoms with E-state index >= 15 is 0 Å². The second-order valence-electron chi connectivity index (χ2n) is 10.6. The molecule has 34 heavy (non-hydrogen) atoms. The number of amides is 1. The van der Waals surface area contributed by atoms with Crippen LogP contribution in [0.5, 0.6) is 0 Å². The molecule has 0 aromatic rings. The zero-order valence-electron chi connectivity index (χ0n) is 20.8. The largest absolute Gasteiger partial charge is 0.496 e. The Morgan fingerprint density at radius 2 is 1.94 bits per heavy atom. The number of fused-ring (bicyclic) bond motifs is 1. The van der Waals surface area contributed by atoms with E-state index in [2.05, 4.69) is 25.2 Å². The van der Waals surface area contributed by atoms with E-state index in [-0.39, 0.29) is 41.7 Å². The lowest BCUT2D eigenvalue weighted by Gasteiger charge is -2.45. The Morgan fingerprint density at radius 3 is 2.59 bits per heavy atom. The second-order valence-corrected chi connectivity index (χ2v) is 10.6. The first-order valence-electron chi connectivity index (χ1n) is 12.4. The topological polar surface area (TPSA) is 94.1 Å². The third kappa shape index (κ3) is 2.95. The number of hydrogen-bond acceptors (Lipinski definition) is 6. The molecule has 184 valence electrons. The van der Waals surface area contributed by atoms with Crippen LogP contribution in [-0.4, -0.2) is 53.4 Å². The number of aliphatic hydroxyl groups excluding tert-OH is 1. The van der Waals surface area contributed by atoms with Crippen molar-refractivity contribution >= 4 is 11.7 Å². The number of nitrogens with one attached hydrogen (secondary N) is 1. The SMILES string of the molecule is CCC12C=C(C)[C@@H]3[C@H](C)[C@H]([C@H]4CC[C@@H](O)[C@@H](C)O4)C4=CC(=O)C=C(O1)C43NC(=O)/C(C)=C\2OC. The van der Waals surface area contributed by atoms with Crippen molar-refractivity contribution in [2.75, 3.05) is 7.11 Å². The van der Waals surface area contributed by atoms with E-state index in [9.17, 15) is 14.7 Å². The van der Waals surface area contributed by atoms with Crippen molar-refractivity contribution in [2.24, 2.45) is 17.8 Å². The van der Waals surface area contributed by atoms with Crippen LogP contribution < -0.4 is 5.32 Å². The minimum atomic E-state index is -0.970. The highest BCUT2D eigenvalue weighted by Crippen LogP contribution is 2.61. The molecule has 1 spiro atoms. The Hall–Kier alpha value is -2.38. The van der Waals surface area contributed by atoms with Crippen molar-refractivity contribution in [3.05, 3.63) is 46.5 Å². The highest BCUT2D eigenvalue weighted by Gasteiger charge is 2.66. The summed E-state index contributed by atoms with van der Waals surface area (Å²) < 4.78 is 18.8. The molecule has 2 aliphatic carbocycles. The number of ketones is 1. The highest BCUT2D eigenvalue weighted by molar-refractivity contribution is 6.04. The van der Waals surface area contributed by atoms with Gasteiger partial charge < -0.3 is 24.6 Å². The van der Waals surface area contributed by atoms with E-state index in [1.165, 1.54) is 6.08 Å². The number of hydrogen-bond donors (Lipinski definition) is 2. The van der Waals surface area contributed by atoms with E-state index in [0.717, 1.165) is 11.1 Å². The van der Waals surface area contributed by atoms with Crippen molar-refractivity contribution in [3.63, 3.8) is 0 Å². The van der Waals surface area contributed by atoms with Gasteiger partial charge in [0.05, 0.1) is 31.0 Å². The van der Waals surface area contributed by atoms with Gasteiger partial charge in [-0.25, -0.2) is 0 Å². The van der Waals surface area contributed by atoms with Crippen LogP contribution in [0, 0.1) is 17.8 Å². The second kappa shape index (κ2) is 7.82. The maximum atomic E-state index is 13.6. The summed E-state index contributed by atoms with van der Waals surface area (Å²) in [7, 11) is 1.56. The summed E-state index contributed by atoms with van der Waals surface area (Å²) in [5, 5.41) is 13.6. The molecule has 1 saturated heterocycles. The lowest BCUT2D eigenvalue weighted by atomic mass is 9.74. The number of carbonyl (C=O) groups excluding carboxylic acids is 2. The molecule has 3 aliphatic heterocycles. The number of aliphatic hydroxyl groups is 1. The first-order valence-corrected chi connectivity index (χ1v) is 12.4. The smallest absolute Gasteiger partial charge is 0.251 e. The van der Waals surface area contributed by atoms with Gasteiger partial charge in [-0.2, -0.15) is 0 Å². The molecular weight excluding hydrogens is 434 g/mol. The molecule has 2 bridgehead atoms. The molecule has 2 N–H and O–H groups in total. The van der Waals surface area contributed by atoms with Gasteiger partial charge in [0.1, 0.15) is 11.3 Å². The molecule has 7 nitrogen and oxygen atoms in total. The van der Waals surface area contributed by atoms with Crippen LogP contribution in [0.25, 0.3) is 0 Å². The third-order valence-electron chi connectivity index (χ3n) is 8.76. The highest BCUT2D eigenvalue weighted by atomic mass is 16.5. The van der Waals surface area contributed by atoms with Crippen LogP contribution in [0.15, 0.2) is 46.5 Å². The summed E-state index contributed by atoms with van der Waals surface area (Å²) in [5.41, 5.74) is 0.481. The van der Waals surface area contributed by atoms with Gasteiger partial charge in [-0.3, -0.25) is 9.59 Å². The minimum Gasteiger partial charge on any atom is -0.496 e. The van der Waals surface area contributed by atoms with Gasteiger partial charge in [-0.1, -0.05) is 19.4 Å². The van der Waals surface area contributed by atoms with Crippen LogP contribution in [0.2, 0.25) is 0 Å². The predicted molar refractivity (Wildman–Crippen MR) is 125 cm³/mol. The van der Waals surface area contributed by atoms with Gasteiger partial charge in [-0.15, -0.1) is 0 Å². The fraction of sp³-hybridized carbons (Fsp3) is 0.630. The summed E-state index contributed by atoms with van der Waals surface area (Å²) in [6.07, 6.45) is 6.24. The third-order valence-corrected chi connectivity index (χ3v) is 8.76. The Balaban J connectivity index is 1.74. The molecule has 2 unspecified atom stereocenters. The van der Waals surface area contributed by atoms with Crippen molar-refractivity contribution in [2.45, 2.75) is 83.3 Å². The van der Waals surface area contributed by atoms with Crippen molar-refractivity contribution in [1.82, 2.24) is 5.32 Å². The number of rotatable bonds is 3. The fourth-order valence-corrected chi connectivity index (χ4v) is 7.30. The van der Waals surface area contributed by atoms with Crippen LogP contribution in [0.3, 0.4) is 0 Å². The Labute approximate surface area is 200 Å². The van der Waals surface area contributed by atoms with Gasteiger partial charge in [0, 0.05) is 17.9 Å². The average Bonchev–Trinajstić information content (AvgIpc) is 2.97. The van der Waals surface area contributed by atoms with Crippen molar-refractivity contribution in [1.29, 1.82) is 0 Å². The minimum absolute atomic E-state index is 0.0604. The lowest BCUT2D eigenvalue weighted by molar-refractivity contribution is -0.127. The van der Waals surface area contributed by atoms with E-state index in [0.29, 0.717) is 36.4 Å². The summed E-state index contributed by atoms with van der Waals surface area (Å²) in [5.74, 6) is 0.414. The lowest BCUT2D eigenvalue weighted by Crippen LogP contribution is -2.58. The van der Waals surface area contributed by atoms with E-state index < -0.39 is 17.2 Å². The molecule has 0 aromatic carbocycles. The molecular formula is C27H35NO6. The number of ether oxygens (including phenoxy) is 3. The molecule has 5 aliphatic rings. The van der Waals surface area contributed by atoms with Gasteiger partial charge in [0.15, 0.2) is 17.1 Å². The van der Waals surface area contributed by atoms with Crippen molar-refractivity contribution < 1.29 is 28.9 Å². The maximum absolute atomic E-state index is 13.6. The van der Waals surface area contributed by atoms with Gasteiger partial charge in [0.25, 0.3) is 5.91 Å². The average molecular weight is 470 g/mol. The molecule has 1 saturated carbocycles. The maximum Gasteiger partial charge on any atom is 0.251 e. The van der Waals surface area contributed by atoms with Gasteiger partial charge >= 0.3 is 0 Å². The summed E-state index contributed by atoms with van der Waals surface area (Å²) in [6.45, 7) is 9.91. The summed E-state index contributed by atoms with van der Waals surface area (Å²) in [6, 6.07) is 0. The van der Waals surface area contributed by atoms with E-state index in [4.69, 9.17) is 14.2 Å². The first kappa shape index (κ1) is 23.4. The number of allylic oxidation sites excluding steroid dienone is 2. The molecule has 0 radical (unpaired) electrons. The molecule has 2 fully saturated rings. The normalized spacial score (nSPS) is 45.7. The van der Waals surface area contributed by atoms with Crippen molar-refractivity contribution in [3.8, 4) is 0 Å². The zero-order chi connectivity index (χ0) is 24.6. The Kier molecular flexibility index (Phi) is 5.37. The fourth-order valence-electron chi connectivity index (χ4n) is 7.30. The van der Waals surface area contributed by atoms with Crippen LogP contribution in [0.1, 0.15) is 53.9 Å². The van der Waals surface area contributed by atoms with Crippen LogP contribution in [0.4, 0.5) is 0 Å². The number of carbonyl (C=O) groups is 2.